The van der Waals surface area contributed by atoms with E-state index in [0.717, 1.165) is 6.07 Å². The van der Waals surface area contributed by atoms with Gasteiger partial charge in [0.05, 0.1) is 11.1 Å². The molecule has 1 N–H and O–H groups in total. The minimum atomic E-state index is -4.51. The fourth-order valence-electron chi connectivity index (χ4n) is 2.53. The van der Waals surface area contributed by atoms with Gasteiger partial charge in [-0.05, 0) is 36.8 Å². The minimum Gasteiger partial charge on any atom is -0.485 e. The second-order valence-corrected chi connectivity index (χ2v) is 6.00. The van der Waals surface area contributed by atoms with E-state index >= 15 is 0 Å². The summed E-state index contributed by atoms with van der Waals surface area (Å²) in [6.07, 6.45) is -4.51. The Balaban J connectivity index is 1.78. The number of rotatable bonds is 5. The molecule has 1 amide bonds. The third kappa shape index (κ3) is 4.48. The van der Waals surface area contributed by atoms with Crippen LogP contribution in [-0.2, 0) is 12.8 Å². The fourth-order valence-corrected chi connectivity index (χ4v) is 2.53. The van der Waals surface area contributed by atoms with Gasteiger partial charge in [-0.25, -0.2) is 0 Å². The second-order valence-electron chi connectivity index (χ2n) is 6.00. The summed E-state index contributed by atoms with van der Waals surface area (Å²) in [7, 11) is 0. The van der Waals surface area contributed by atoms with E-state index in [-0.39, 0.29) is 29.2 Å². The Kier molecular flexibility index (Phi) is 5.34. The number of benzene rings is 2. The molecule has 6 nitrogen and oxygen atoms in total. The van der Waals surface area contributed by atoms with Crippen molar-refractivity contribution in [2.75, 3.05) is 5.32 Å². The summed E-state index contributed by atoms with van der Waals surface area (Å²) >= 11 is 0. The quantitative estimate of drug-likeness (QED) is 0.691. The topological polar surface area (TPSA) is 77.2 Å². The van der Waals surface area contributed by atoms with E-state index in [2.05, 4.69) is 15.5 Å². The Morgan fingerprint density at radius 2 is 1.93 bits per heavy atom. The van der Waals surface area contributed by atoms with Crippen LogP contribution in [0.1, 0.15) is 33.2 Å². The van der Waals surface area contributed by atoms with E-state index in [1.54, 1.807) is 25.1 Å². The molecule has 9 heteroatoms. The molecule has 3 aromatic rings. The van der Waals surface area contributed by atoms with Gasteiger partial charge in [0.25, 0.3) is 5.91 Å². The number of ether oxygens (including phenoxy) is 1. The Morgan fingerprint density at radius 3 is 2.61 bits per heavy atom. The molecule has 2 aromatic carbocycles. The van der Waals surface area contributed by atoms with E-state index < -0.39 is 17.6 Å². The standard InChI is InChI=1S/C19H16F3N3O3/c1-11-7-8-13(9-15(11)19(20,21)22)24-18(26)14-5-3-4-6-16(14)27-10-17-23-12(2)28-25-17/h3-9H,10H2,1-2H3,(H,24,26). The molecule has 0 fully saturated rings. The molecule has 0 unspecified atom stereocenters. The van der Waals surface area contributed by atoms with E-state index in [9.17, 15) is 18.0 Å². The average molecular weight is 391 g/mol. The van der Waals surface area contributed by atoms with Gasteiger partial charge in [0.1, 0.15) is 5.75 Å². The zero-order valence-corrected chi connectivity index (χ0v) is 15.0. The van der Waals surface area contributed by atoms with Crippen LogP contribution in [0.5, 0.6) is 5.75 Å². The van der Waals surface area contributed by atoms with Crippen molar-refractivity contribution in [2.24, 2.45) is 0 Å². The van der Waals surface area contributed by atoms with Crippen molar-refractivity contribution in [2.45, 2.75) is 26.6 Å². The molecule has 0 aliphatic carbocycles. The molecule has 0 saturated heterocycles. The van der Waals surface area contributed by atoms with Crippen molar-refractivity contribution in [1.29, 1.82) is 0 Å². The first-order valence-corrected chi connectivity index (χ1v) is 8.24. The summed E-state index contributed by atoms with van der Waals surface area (Å²) in [5.74, 6) is 0.327. The predicted molar refractivity (Wildman–Crippen MR) is 93.9 cm³/mol. The first-order chi connectivity index (χ1) is 13.2. The lowest BCUT2D eigenvalue weighted by atomic mass is 10.1. The summed E-state index contributed by atoms with van der Waals surface area (Å²) < 4.78 is 49.6. The van der Waals surface area contributed by atoms with E-state index in [0.29, 0.717) is 11.7 Å². The zero-order valence-electron chi connectivity index (χ0n) is 15.0. The number of nitrogens with one attached hydrogen (secondary N) is 1. The van der Waals surface area contributed by atoms with E-state index in [4.69, 9.17) is 9.26 Å². The highest BCUT2D eigenvalue weighted by atomic mass is 19.4. The molecular formula is C19H16F3N3O3. The lowest BCUT2D eigenvalue weighted by Gasteiger charge is -2.14. The Hall–Kier alpha value is -3.36. The molecule has 0 radical (unpaired) electrons. The molecule has 3 rings (SSSR count). The Labute approximate surface area is 158 Å². The molecule has 0 aliphatic rings. The van der Waals surface area contributed by atoms with Crippen molar-refractivity contribution in [1.82, 2.24) is 10.1 Å². The average Bonchev–Trinajstić information content (AvgIpc) is 3.06. The fraction of sp³-hybridized carbons (Fsp3) is 0.211. The number of alkyl halides is 3. The smallest absolute Gasteiger partial charge is 0.416 e. The van der Waals surface area contributed by atoms with Crippen LogP contribution in [0.25, 0.3) is 0 Å². The lowest BCUT2D eigenvalue weighted by Crippen LogP contribution is -2.15. The van der Waals surface area contributed by atoms with Crippen LogP contribution in [0.15, 0.2) is 47.0 Å². The molecule has 0 spiro atoms. The lowest BCUT2D eigenvalue weighted by molar-refractivity contribution is -0.138. The molecule has 0 saturated carbocycles. The molecule has 0 aliphatic heterocycles. The normalized spacial score (nSPS) is 11.3. The SMILES string of the molecule is Cc1nc(COc2ccccc2C(=O)Nc2ccc(C)c(C(F)(F)F)c2)no1. The summed E-state index contributed by atoms with van der Waals surface area (Å²) in [5, 5.41) is 6.17. The van der Waals surface area contributed by atoms with Crippen LogP contribution >= 0.6 is 0 Å². The molecular weight excluding hydrogens is 375 g/mol. The van der Waals surface area contributed by atoms with Crippen molar-refractivity contribution >= 4 is 11.6 Å². The molecule has 0 atom stereocenters. The Morgan fingerprint density at radius 1 is 1.18 bits per heavy atom. The highest BCUT2D eigenvalue weighted by molar-refractivity contribution is 6.06. The van der Waals surface area contributed by atoms with Crippen molar-refractivity contribution in [3.05, 3.63) is 70.9 Å². The number of para-hydroxylation sites is 1. The number of aryl methyl sites for hydroxylation is 2. The van der Waals surface area contributed by atoms with Crippen LogP contribution in [-0.4, -0.2) is 16.0 Å². The zero-order chi connectivity index (χ0) is 20.3. The van der Waals surface area contributed by atoms with Crippen LogP contribution in [0, 0.1) is 13.8 Å². The highest BCUT2D eigenvalue weighted by Gasteiger charge is 2.32. The number of hydrogen-bond donors (Lipinski definition) is 1. The number of halogens is 3. The van der Waals surface area contributed by atoms with E-state index in [1.165, 1.54) is 25.1 Å². The van der Waals surface area contributed by atoms with Gasteiger partial charge in [-0.1, -0.05) is 23.4 Å². The molecule has 1 aromatic heterocycles. The van der Waals surface area contributed by atoms with Crippen LogP contribution < -0.4 is 10.1 Å². The molecule has 28 heavy (non-hydrogen) atoms. The monoisotopic (exact) mass is 391 g/mol. The van der Waals surface area contributed by atoms with Gasteiger partial charge in [-0.3, -0.25) is 4.79 Å². The number of aromatic nitrogens is 2. The Bertz CT molecular complexity index is 999. The summed E-state index contributed by atoms with van der Waals surface area (Å²) in [6.45, 7) is 2.97. The van der Waals surface area contributed by atoms with Crippen molar-refractivity contribution in [3.63, 3.8) is 0 Å². The maximum atomic E-state index is 13.1. The second kappa shape index (κ2) is 7.71. The maximum Gasteiger partial charge on any atom is 0.416 e. The summed E-state index contributed by atoms with van der Waals surface area (Å²) in [5.41, 5.74) is -0.532. The summed E-state index contributed by atoms with van der Waals surface area (Å²) in [4.78, 5) is 16.6. The number of anilines is 1. The van der Waals surface area contributed by atoms with Crippen LogP contribution in [0.2, 0.25) is 0 Å². The molecule has 146 valence electrons. The van der Waals surface area contributed by atoms with Gasteiger partial charge in [-0.15, -0.1) is 0 Å². The third-order valence-electron chi connectivity index (χ3n) is 3.86. The van der Waals surface area contributed by atoms with Crippen molar-refractivity contribution < 1.29 is 27.2 Å². The first-order valence-electron chi connectivity index (χ1n) is 8.24. The van der Waals surface area contributed by atoms with Gasteiger partial charge in [0, 0.05) is 12.6 Å². The van der Waals surface area contributed by atoms with Gasteiger partial charge in [0.15, 0.2) is 6.61 Å². The number of nitrogens with zero attached hydrogens (tertiary/aromatic N) is 2. The number of amides is 1. The van der Waals surface area contributed by atoms with Gasteiger partial charge in [0.2, 0.25) is 11.7 Å². The largest absolute Gasteiger partial charge is 0.485 e. The first kappa shape index (κ1) is 19.4. The minimum absolute atomic E-state index is 0.0234. The van der Waals surface area contributed by atoms with Crippen LogP contribution in [0.3, 0.4) is 0 Å². The van der Waals surface area contributed by atoms with Crippen LogP contribution in [0.4, 0.5) is 18.9 Å². The highest BCUT2D eigenvalue weighted by Crippen LogP contribution is 2.33. The molecule has 0 bridgehead atoms. The van der Waals surface area contributed by atoms with E-state index in [1.807, 2.05) is 0 Å². The van der Waals surface area contributed by atoms with Gasteiger partial charge < -0.3 is 14.6 Å². The van der Waals surface area contributed by atoms with Crippen molar-refractivity contribution in [3.8, 4) is 5.75 Å². The number of carbonyl (C=O) groups is 1. The van der Waals surface area contributed by atoms with Gasteiger partial charge in [-0.2, -0.15) is 18.2 Å². The third-order valence-corrected chi connectivity index (χ3v) is 3.86. The molecule has 1 heterocycles. The maximum absolute atomic E-state index is 13.1. The predicted octanol–water partition coefficient (Wildman–Crippen LogP) is 4.54. The van der Waals surface area contributed by atoms with Gasteiger partial charge >= 0.3 is 6.18 Å². The number of hydrogen-bond acceptors (Lipinski definition) is 5. The number of carbonyl (C=O) groups excluding carboxylic acids is 1. The summed E-state index contributed by atoms with van der Waals surface area (Å²) in [6, 6.07) is 9.98.